The standard InChI is InChI=1S/C24H26N2O3S/c1-4-22(19-13-10-17(2)11-14-19)25-24(27)20-15-12-18(3)23(16-20)30(28,29)26-21-8-6-5-7-9-21/h5-16,22,26H,4H2,1-3H3,(H,25,27). The third-order valence-corrected chi connectivity index (χ3v) is 6.48. The minimum Gasteiger partial charge on any atom is -0.345 e. The van der Waals surface area contributed by atoms with E-state index in [0.29, 0.717) is 16.8 Å². The highest BCUT2D eigenvalue weighted by molar-refractivity contribution is 7.92. The summed E-state index contributed by atoms with van der Waals surface area (Å²) in [5, 5.41) is 3.01. The number of hydrogen-bond acceptors (Lipinski definition) is 3. The molecule has 0 saturated heterocycles. The highest BCUT2D eigenvalue weighted by Crippen LogP contribution is 2.22. The lowest BCUT2D eigenvalue weighted by molar-refractivity contribution is 0.0935. The predicted octanol–water partition coefficient (Wildman–Crippen LogP) is 4.99. The Kier molecular flexibility index (Phi) is 6.57. The quantitative estimate of drug-likeness (QED) is 0.563. The van der Waals surface area contributed by atoms with Gasteiger partial charge in [-0.1, -0.05) is 61.0 Å². The van der Waals surface area contributed by atoms with E-state index >= 15 is 0 Å². The Hall–Kier alpha value is -3.12. The van der Waals surface area contributed by atoms with Crippen LogP contribution in [0.25, 0.3) is 0 Å². The van der Waals surface area contributed by atoms with Crippen molar-refractivity contribution in [1.29, 1.82) is 0 Å². The molecule has 1 atom stereocenters. The normalized spacial score (nSPS) is 12.2. The average molecular weight is 423 g/mol. The topological polar surface area (TPSA) is 75.3 Å². The molecule has 3 rings (SSSR count). The van der Waals surface area contributed by atoms with E-state index in [1.807, 2.05) is 44.2 Å². The number of carbonyl (C=O) groups is 1. The van der Waals surface area contributed by atoms with Crippen LogP contribution in [0, 0.1) is 13.8 Å². The van der Waals surface area contributed by atoms with E-state index in [0.717, 1.165) is 17.5 Å². The van der Waals surface area contributed by atoms with Gasteiger partial charge in [-0.05, 0) is 55.7 Å². The van der Waals surface area contributed by atoms with Gasteiger partial charge in [0.1, 0.15) is 0 Å². The molecule has 3 aromatic rings. The Morgan fingerprint density at radius 1 is 0.933 bits per heavy atom. The molecule has 1 amide bonds. The summed E-state index contributed by atoms with van der Waals surface area (Å²) in [7, 11) is -3.82. The first kappa shape index (κ1) is 21.6. The maximum Gasteiger partial charge on any atom is 0.262 e. The summed E-state index contributed by atoms with van der Waals surface area (Å²) < 4.78 is 28.3. The van der Waals surface area contributed by atoms with Gasteiger partial charge in [-0.15, -0.1) is 0 Å². The molecule has 0 fully saturated rings. The summed E-state index contributed by atoms with van der Waals surface area (Å²) in [6.45, 7) is 5.73. The number of benzene rings is 3. The van der Waals surface area contributed by atoms with Crippen LogP contribution in [0.2, 0.25) is 0 Å². The molecule has 0 aliphatic heterocycles. The predicted molar refractivity (Wildman–Crippen MR) is 120 cm³/mol. The van der Waals surface area contributed by atoms with Gasteiger partial charge in [0, 0.05) is 11.3 Å². The van der Waals surface area contributed by atoms with Crippen molar-refractivity contribution in [1.82, 2.24) is 5.32 Å². The molecule has 2 N–H and O–H groups in total. The molecule has 1 unspecified atom stereocenters. The van der Waals surface area contributed by atoms with Gasteiger partial charge in [0.15, 0.2) is 0 Å². The maximum atomic E-state index is 12.9. The van der Waals surface area contributed by atoms with Crippen molar-refractivity contribution in [3.05, 3.63) is 95.1 Å². The summed E-state index contributed by atoms with van der Waals surface area (Å²) in [6, 6.07) is 21.3. The van der Waals surface area contributed by atoms with Gasteiger partial charge >= 0.3 is 0 Å². The molecular formula is C24H26N2O3S. The second-order valence-corrected chi connectivity index (χ2v) is 8.95. The molecule has 0 bridgehead atoms. The molecule has 3 aromatic carbocycles. The highest BCUT2D eigenvalue weighted by Gasteiger charge is 2.21. The third kappa shape index (κ3) is 5.07. The van der Waals surface area contributed by atoms with Gasteiger partial charge in [0.25, 0.3) is 15.9 Å². The number of hydrogen-bond donors (Lipinski definition) is 2. The molecule has 30 heavy (non-hydrogen) atoms. The van der Waals surface area contributed by atoms with Crippen LogP contribution < -0.4 is 10.0 Å². The minimum absolute atomic E-state index is 0.0855. The van der Waals surface area contributed by atoms with Gasteiger partial charge in [-0.25, -0.2) is 8.42 Å². The van der Waals surface area contributed by atoms with Crippen LogP contribution in [-0.4, -0.2) is 14.3 Å². The Bertz CT molecular complexity index is 1120. The molecule has 5 nitrogen and oxygen atoms in total. The van der Waals surface area contributed by atoms with Crippen LogP contribution in [0.1, 0.15) is 46.4 Å². The van der Waals surface area contributed by atoms with Gasteiger partial charge in [-0.2, -0.15) is 0 Å². The first-order valence-corrected chi connectivity index (χ1v) is 11.3. The van der Waals surface area contributed by atoms with Crippen LogP contribution in [0.3, 0.4) is 0 Å². The number of nitrogens with one attached hydrogen (secondary N) is 2. The number of anilines is 1. The molecule has 0 radical (unpaired) electrons. The van der Waals surface area contributed by atoms with Gasteiger partial charge < -0.3 is 5.32 Å². The molecule has 0 spiro atoms. The van der Waals surface area contributed by atoms with Crippen LogP contribution in [0.4, 0.5) is 5.69 Å². The van der Waals surface area contributed by atoms with E-state index < -0.39 is 10.0 Å². The fourth-order valence-electron chi connectivity index (χ4n) is 3.21. The molecule has 0 saturated carbocycles. The molecule has 156 valence electrons. The zero-order valence-corrected chi connectivity index (χ0v) is 18.2. The summed E-state index contributed by atoms with van der Waals surface area (Å²) in [4.78, 5) is 13.0. The minimum atomic E-state index is -3.82. The van der Waals surface area contributed by atoms with Crippen molar-refractivity contribution in [2.45, 2.75) is 38.1 Å². The van der Waals surface area contributed by atoms with Crippen LogP contribution in [0.5, 0.6) is 0 Å². The molecule has 0 aromatic heterocycles. The Labute approximate surface area is 178 Å². The number of sulfonamides is 1. The van der Waals surface area contributed by atoms with Gasteiger partial charge in [0.2, 0.25) is 0 Å². The third-order valence-electron chi connectivity index (χ3n) is 4.96. The monoisotopic (exact) mass is 422 g/mol. The van der Waals surface area contributed by atoms with Gasteiger partial charge in [0.05, 0.1) is 10.9 Å². The van der Waals surface area contributed by atoms with Crippen LogP contribution in [0.15, 0.2) is 77.7 Å². The fourth-order valence-corrected chi connectivity index (χ4v) is 4.54. The van der Waals surface area contributed by atoms with Crippen molar-refractivity contribution in [2.24, 2.45) is 0 Å². The zero-order chi connectivity index (χ0) is 21.7. The van der Waals surface area contributed by atoms with Crippen LogP contribution >= 0.6 is 0 Å². The van der Waals surface area contributed by atoms with Crippen molar-refractivity contribution in [3.8, 4) is 0 Å². The lowest BCUT2D eigenvalue weighted by Crippen LogP contribution is -2.28. The largest absolute Gasteiger partial charge is 0.345 e. The molecular weight excluding hydrogens is 396 g/mol. The summed E-state index contributed by atoms with van der Waals surface area (Å²) in [6.07, 6.45) is 0.724. The first-order chi connectivity index (χ1) is 14.3. The van der Waals surface area contributed by atoms with E-state index in [1.54, 1.807) is 43.3 Å². The molecule has 0 aliphatic rings. The highest BCUT2D eigenvalue weighted by atomic mass is 32.2. The van der Waals surface area contributed by atoms with E-state index in [1.165, 1.54) is 6.07 Å². The molecule has 0 heterocycles. The summed E-state index contributed by atoms with van der Waals surface area (Å²) >= 11 is 0. The van der Waals surface area contributed by atoms with E-state index in [-0.39, 0.29) is 16.8 Å². The summed E-state index contributed by atoms with van der Waals surface area (Å²) in [5.74, 6) is -0.307. The Balaban J connectivity index is 1.84. The molecule has 0 aliphatic carbocycles. The first-order valence-electron chi connectivity index (χ1n) is 9.86. The number of aryl methyl sites for hydroxylation is 2. The van der Waals surface area contributed by atoms with Crippen molar-refractivity contribution in [3.63, 3.8) is 0 Å². The maximum absolute atomic E-state index is 12.9. The van der Waals surface area contributed by atoms with Crippen molar-refractivity contribution < 1.29 is 13.2 Å². The lowest BCUT2D eigenvalue weighted by atomic mass is 10.0. The summed E-state index contributed by atoms with van der Waals surface area (Å²) in [5.41, 5.74) is 3.51. The number of para-hydroxylation sites is 1. The Morgan fingerprint density at radius 2 is 1.60 bits per heavy atom. The SMILES string of the molecule is CCC(NC(=O)c1ccc(C)c(S(=O)(=O)Nc2ccccc2)c1)c1ccc(C)cc1. The average Bonchev–Trinajstić information content (AvgIpc) is 2.73. The van der Waals surface area contributed by atoms with Crippen molar-refractivity contribution in [2.75, 3.05) is 4.72 Å². The molecule has 6 heteroatoms. The van der Waals surface area contributed by atoms with Crippen LogP contribution in [-0.2, 0) is 10.0 Å². The number of rotatable bonds is 7. The fraction of sp³-hybridized carbons (Fsp3) is 0.208. The van der Waals surface area contributed by atoms with Crippen molar-refractivity contribution >= 4 is 21.6 Å². The van der Waals surface area contributed by atoms with E-state index in [2.05, 4.69) is 10.0 Å². The van der Waals surface area contributed by atoms with Gasteiger partial charge in [-0.3, -0.25) is 9.52 Å². The van der Waals surface area contributed by atoms with E-state index in [9.17, 15) is 13.2 Å². The second-order valence-electron chi connectivity index (χ2n) is 7.30. The smallest absolute Gasteiger partial charge is 0.262 e. The number of amides is 1. The van der Waals surface area contributed by atoms with E-state index in [4.69, 9.17) is 0 Å². The lowest BCUT2D eigenvalue weighted by Gasteiger charge is -2.18. The zero-order valence-electron chi connectivity index (χ0n) is 17.3. The Morgan fingerprint density at radius 3 is 2.23 bits per heavy atom. The number of carbonyl (C=O) groups excluding carboxylic acids is 1. The second kappa shape index (κ2) is 9.13.